The molecule has 0 N–H and O–H groups in total. The number of nitrogens with zero attached hydrogens (tertiary/aromatic N) is 2. The molecule has 2 heterocycles. The highest BCUT2D eigenvalue weighted by molar-refractivity contribution is 6.33. The van der Waals surface area contributed by atoms with Crippen LogP contribution < -0.4 is 4.90 Å². The van der Waals surface area contributed by atoms with Gasteiger partial charge in [-0.25, -0.2) is 0 Å². The van der Waals surface area contributed by atoms with Crippen molar-refractivity contribution in [3.63, 3.8) is 0 Å². The fourth-order valence-electron chi connectivity index (χ4n) is 13.8. The molecule has 0 saturated heterocycles. The first-order valence-corrected chi connectivity index (χ1v) is 27.1. The monoisotopic (exact) mass is 992 g/mol. The fraction of sp³-hybridized carbons (Fsp3) is 0.0400. The van der Waals surface area contributed by atoms with Crippen LogP contribution in [-0.2, 0) is 5.41 Å². The Morgan fingerprint density at radius 3 is 1.53 bits per heavy atom. The first kappa shape index (κ1) is 43.3. The minimum absolute atomic E-state index is 0.161. The average molecular weight is 993 g/mol. The van der Waals surface area contributed by atoms with E-state index in [1.165, 1.54) is 131 Å². The molecular formula is C75H48N2O. The van der Waals surface area contributed by atoms with Gasteiger partial charge in [-0.15, -0.1) is 0 Å². The van der Waals surface area contributed by atoms with Crippen molar-refractivity contribution in [3.8, 4) is 39.1 Å². The maximum Gasteiger partial charge on any atom is 0.136 e. The highest BCUT2D eigenvalue weighted by Crippen LogP contribution is 2.52. The van der Waals surface area contributed by atoms with E-state index in [4.69, 9.17) is 4.42 Å². The summed E-state index contributed by atoms with van der Waals surface area (Å²) < 4.78 is 8.79. The van der Waals surface area contributed by atoms with Crippen LogP contribution >= 0.6 is 0 Å². The van der Waals surface area contributed by atoms with Gasteiger partial charge in [-0.05, 0) is 189 Å². The molecule has 0 fully saturated rings. The van der Waals surface area contributed by atoms with Gasteiger partial charge in [0.2, 0.25) is 0 Å². The number of rotatable bonds is 6. The van der Waals surface area contributed by atoms with E-state index in [-0.39, 0.29) is 5.41 Å². The Balaban J connectivity index is 0.844. The highest BCUT2D eigenvalue weighted by Gasteiger charge is 2.36. The topological polar surface area (TPSA) is 21.3 Å². The Morgan fingerprint density at radius 2 is 0.782 bits per heavy atom. The van der Waals surface area contributed by atoms with E-state index in [9.17, 15) is 0 Å². The number of benzene rings is 14. The molecule has 0 aliphatic heterocycles. The summed E-state index contributed by atoms with van der Waals surface area (Å²) in [7, 11) is 0. The summed E-state index contributed by atoms with van der Waals surface area (Å²) in [4.78, 5) is 2.47. The molecule has 0 bridgehead atoms. The Labute approximate surface area is 450 Å². The van der Waals surface area contributed by atoms with Crippen LogP contribution in [0, 0.1) is 0 Å². The van der Waals surface area contributed by atoms with Crippen LogP contribution in [0.25, 0.3) is 137 Å². The molecule has 78 heavy (non-hydrogen) atoms. The zero-order chi connectivity index (χ0) is 51.4. The van der Waals surface area contributed by atoms with Crippen molar-refractivity contribution < 1.29 is 4.42 Å². The lowest BCUT2D eigenvalue weighted by molar-refractivity contribution is 0.660. The molecule has 0 spiro atoms. The third-order valence-corrected chi connectivity index (χ3v) is 17.5. The van der Waals surface area contributed by atoms with E-state index in [1.807, 2.05) is 0 Å². The predicted molar refractivity (Wildman–Crippen MR) is 330 cm³/mol. The van der Waals surface area contributed by atoms with Crippen LogP contribution in [0.3, 0.4) is 0 Å². The quantitative estimate of drug-likeness (QED) is 0.155. The van der Waals surface area contributed by atoms with E-state index in [0.717, 1.165) is 33.9 Å². The summed E-state index contributed by atoms with van der Waals surface area (Å²) in [6.45, 7) is 4.75. The lowest BCUT2D eigenvalue weighted by atomic mass is 9.82. The van der Waals surface area contributed by atoms with Crippen molar-refractivity contribution >= 4 is 115 Å². The van der Waals surface area contributed by atoms with Crippen molar-refractivity contribution in [1.29, 1.82) is 0 Å². The molecule has 0 atom stereocenters. The number of hydrogen-bond donors (Lipinski definition) is 0. The van der Waals surface area contributed by atoms with Gasteiger partial charge in [0, 0.05) is 49.7 Å². The lowest BCUT2D eigenvalue weighted by Gasteiger charge is -2.29. The molecule has 0 radical (unpaired) electrons. The summed E-state index contributed by atoms with van der Waals surface area (Å²) in [5, 5.41) is 17.3. The molecule has 3 nitrogen and oxygen atoms in total. The number of furan rings is 1. The molecule has 1 aliphatic carbocycles. The Kier molecular flexibility index (Phi) is 8.90. The van der Waals surface area contributed by atoms with E-state index < -0.39 is 0 Å². The van der Waals surface area contributed by atoms with Gasteiger partial charge in [-0.1, -0.05) is 178 Å². The van der Waals surface area contributed by atoms with Crippen LogP contribution in [0.15, 0.2) is 259 Å². The van der Waals surface area contributed by atoms with Gasteiger partial charge in [0.15, 0.2) is 0 Å². The number of hydrogen-bond acceptors (Lipinski definition) is 2. The normalized spacial score (nSPS) is 13.1. The summed E-state index contributed by atoms with van der Waals surface area (Å²) >= 11 is 0. The summed E-state index contributed by atoms with van der Waals surface area (Å²) in [6, 6.07) is 94.8. The van der Waals surface area contributed by atoms with Crippen LogP contribution in [-0.4, -0.2) is 4.57 Å². The number of anilines is 3. The first-order valence-electron chi connectivity index (χ1n) is 27.1. The number of para-hydroxylation sites is 2. The van der Waals surface area contributed by atoms with Gasteiger partial charge in [0.05, 0.1) is 11.0 Å². The van der Waals surface area contributed by atoms with Gasteiger partial charge in [-0.2, -0.15) is 0 Å². The van der Waals surface area contributed by atoms with Crippen molar-refractivity contribution in [3.05, 3.63) is 266 Å². The highest BCUT2D eigenvalue weighted by atomic mass is 16.3. The van der Waals surface area contributed by atoms with Crippen LogP contribution in [0.2, 0.25) is 0 Å². The molecule has 0 saturated carbocycles. The third kappa shape index (κ3) is 6.10. The molecule has 17 rings (SSSR count). The minimum Gasteiger partial charge on any atom is -0.456 e. The second-order valence-electron chi connectivity index (χ2n) is 22.0. The fourth-order valence-corrected chi connectivity index (χ4v) is 13.8. The van der Waals surface area contributed by atoms with E-state index in [1.54, 1.807) is 0 Å². The van der Waals surface area contributed by atoms with E-state index in [0.29, 0.717) is 0 Å². The van der Waals surface area contributed by atoms with Crippen LogP contribution in [0.4, 0.5) is 17.1 Å². The van der Waals surface area contributed by atoms with Gasteiger partial charge in [0.25, 0.3) is 0 Å². The zero-order valence-corrected chi connectivity index (χ0v) is 43.1. The molecule has 14 aromatic carbocycles. The number of aromatic nitrogens is 1. The maximum atomic E-state index is 6.41. The zero-order valence-electron chi connectivity index (χ0n) is 43.1. The van der Waals surface area contributed by atoms with Crippen molar-refractivity contribution in [2.24, 2.45) is 0 Å². The predicted octanol–water partition coefficient (Wildman–Crippen LogP) is 21.0. The second-order valence-corrected chi connectivity index (χ2v) is 22.0. The third-order valence-electron chi connectivity index (χ3n) is 17.5. The van der Waals surface area contributed by atoms with Crippen molar-refractivity contribution in [2.75, 3.05) is 4.90 Å². The summed E-state index contributed by atoms with van der Waals surface area (Å²) in [5.74, 6) is 0. The Morgan fingerprint density at radius 1 is 0.308 bits per heavy atom. The summed E-state index contributed by atoms with van der Waals surface area (Å²) in [5.41, 5.74) is 18.7. The van der Waals surface area contributed by atoms with E-state index in [2.05, 4.69) is 278 Å². The SMILES string of the molecule is CC1(C)c2ccccc2-c2ccc(N(c3ccc(-c4ccc5c(c4)c4ccccc4n5-c4ccccc4)cc3)c3ccc4c5ccccc5c5ccc(-c6ccc7c(c6)c6cccc8oc9cccc7c9c86)cc5c4c3)cc21. The Hall–Kier alpha value is -9.96. The smallest absolute Gasteiger partial charge is 0.136 e. The maximum absolute atomic E-state index is 6.41. The Bertz CT molecular complexity index is 5170. The van der Waals surface area contributed by atoms with Crippen molar-refractivity contribution in [2.45, 2.75) is 19.3 Å². The van der Waals surface area contributed by atoms with Crippen LogP contribution in [0.1, 0.15) is 25.0 Å². The van der Waals surface area contributed by atoms with E-state index >= 15 is 0 Å². The standard InChI is InChI=1S/C75H48N2O/c1-75(2)67-22-10-8-18-58(67)59-38-34-52(44-68(59)75)76(50-31-26-45(27-32-50)46-30-39-70-66(42-46)60-19-9-11-23-69(60)77(70)49-14-4-3-5-15-49)51-33-37-56-54-17-7-6-16-53(54)55-35-28-48(41-64(55)65(56)43-51)47-29-36-57-61-20-12-24-71-73(61)74-62(63(57)40-47)21-13-25-72(74)78-71/h3-44H,1-2H3. The molecular weight excluding hydrogens is 945 g/mol. The minimum atomic E-state index is -0.161. The number of fused-ring (bicyclic) bond motifs is 15. The molecule has 0 amide bonds. The molecule has 3 heteroatoms. The average Bonchev–Trinajstić information content (AvgIpc) is 4.26. The molecule has 364 valence electrons. The molecule has 16 aromatic rings. The molecule has 1 aliphatic rings. The summed E-state index contributed by atoms with van der Waals surface area (Å²) in [6.07, 6.45) is 0. The van der Waals surface area contributed by atoms with Gasteiger partial charge in [0.1, 0.15) is 11.2 Å². The second kappa shape index (κ2) is 16.0. The lowest BCUT2D eigenvalue weighted by Crippen LogP contribution is -2.16. The first-order chi connectivity index (χ1) is 38.4. The largest absolute Gasteiger partial charge is 0.456 e. The van der Waals surface area contributed by atoms with Gasteiger partial charge in [-0.3, -0.25) is 0 Å². The van der Waals surface area contributed by atoms with Crippen LogP contribution in [0.5, 0.6) is 0 Å². The molecule has 0 unspecified atom stereocenters. The molecule has 2 aromatic heterocycles. The van der Waals surface area contributed by atoms with Gasteiger partial charge < -0.3 is 13.9 Å². The van der Waals surface area contributed by atoms with Crippen molar-refractivity contribution in [1.82, 2.24) is 4.57 Å². The van der Waals surface area contributed by atoms with Gasteiger partial charge >= 0.3 is 0 Å².